The summed E-state index contributed by atoms with van der Waals surface area (Å²) >= 11 is 0. The lowest BCUT2D eigenvalue weighted by atomic mass is 9.84. The van der Waals surface area contributed by atoms with Gasteiger partial charge in [-0.1, -0.05) is 43.7 Å². The van der Waals surface area contributed by atoms with Crippen LogP contribution in [0, 0.1) is 12.7 Å². The Kier molecular flexibility index (Phi) is 14.6. The van der Waals surface area contributed by atoms with E-state index in [0.717, 1.165) is 51.8 Å². The van der Waals surface area contributed by atoms with E-state index < -0.39 is 53.4 Å². The normalized spacial score (nSPS) is 16.8. The molecule has 366 valence electrons. The van der Waals surface area contributed by atoms with Crippen LogP contribution in [-0.4, -0.2) is 94.1 Å². The van der Waals surface area contributed by atoms with Crippen LogP contribution in [0.15, 0.2) is 59.4 Å². The van der Waals surface area contributed by atoms with Crippen molar-refractivity contribution in [1.82, 2.24) is 35.7 Å². The van der Waals surface area contributed by atoms with Gasteiger partial charge in [-0.05, 0) is 80.2 Å². The second-order valence-electron chi connectivity index (χ2n) is 17.9. The Bertz CT molecular complexity index is 2900. The number of rotatable bonds is 20. The Morgan fingerprint density at radius 3 is 2.33 bits per heavy atom. The molecular formula is C51H54FN7O11. The number of aryl methyl sites for hydroxylation is 2. The van der Waals surface area contributed by atoms with Gasteiger partial charge in [-0.25, -0.2) is 14.2 Å². The second kappa shape index (κ2) is 21.0. The van der Waals surface area contributed by atoms with E-state index in [9.17, 15) is 43.2 Å². The zero-order valence-corrected chi connectivity index (χ0v) is 39.0. The predicted octanol–water partition coefficient (Wildman–Crippen LogP) is 2.91. The van der Waals surface area contributed by atoms with Crippen LogP contribution in [0.1, 0.15) is 97.2 Å². The average Bonchev–Trinajstić information content (AvgIpc) is 3.89. The molecule has 0 fully saturated rings. The lowest BCUT2D eigenvalue weighted by molar-refractivity contribution is -0.189. The average molecular weight is 960 g/mol. The molecule has 2 aromatic heterocycles. The molecule has 19 heteroatoms. The van der Waals surface area contributed by atoms with Gasteiger partial charge in [-0.15, -0.1) is 0 Å². The number of nitrogens with one attached hydrogen (secondary N) is 4. The van der Waals surface area contributed by atoms with E-state index in [1.54, 1.807) is 54.8 Å². The van der Waals surface area contributed by atoms with Crippen molar-refractivity contribution in [2.24, 2.45) is 0 Å². The van der Waals surface area contributed by atoms with Gasteiger partial charge in [0.05, 0.1) is 42.1 Å². The number of aromatic nitrogens is 2. The van der Waals surface area contributed by atoms with Gasteiger partial charge in [0.1, 0.15) is 18.5 Å². The maximum atomic E-state index is 15.1. The standard InChI is InChI=1S/C51H54FN7O11/c1-3-51(35-23-39-47-33(27-59(39)49(67)34(35)28-69-50(51)68)32-15-10-14-31-29(2)36(52)24-37(57-47)46(31)32)70-45(65)17-11-20-53-48(66)38(22-30-12-6-4-7-13-30)56-42(62)26-55-41(61)25-54-40(60)16-8-5-9-21-58-43(63)18-19-44(58)64/h4,6-7,12-13,18-19,23-24,38H,3,5,8-11,14-17,20-22,25-28H2,1-2H3,(H,53,66)(H,54,60)(H,55,61)(H,56,62)/t38-,51-/m0/s1. The highest BCUT2D eigenvalue weighted by Crippen LogP contribution is 2.44. The zero-order chi connectivity index (χ0) is 49.7. The van der Waals surface area contributed by atoms with Crippen LogP contribution < -0.4 is 26.8 Å². The summed E-state index contributed by atoms with van der Waals surface area (Å²) in [5.41, 5.74) is 3.66. The van der Waals surface area contributed by atoms with Gasteiger partial charge in [0.25, 0.3) is 17.4 Å². The van der Waals surface area contributed by atoms with E-state index in [-0.39, 0.29) is 99.6 Å². The molecule has 3 aliphatic heterocycles. The number of benzene rings is 2. The van der Waals surface area contributed by atoms with Crippen LogP contribution in [0.3, 0.4) is 0 Å². The molecule has 0 spiro atoms. The van der Waals surface area contributed by atoms with Crippen molar-refractivity contribution in [3.63, 3.8) is 0 Å². The highest BCUT2D eigenvalue weighted by Gasteiger charge is 2.50. The third-order valence-electron chi connectivity index (χ3n) is 13.4. The van der Waals surface area contributed by atoms with Gasteiger partial charge in [0, 0.05) is 67.1 Å². The molecule has 2 atom stereocenters. The summed E-state index contributed by atoms with van der Waals surface area (Å²) in [6, 6.07) is 10.9. The summed E-state index contributed by atoms with van der Waals surface area (Å²) in [6.45, 7) is 2.72. The monoisotopic (exact) mass is 959 g/mol. The van der Waals surface area contributed by atoms with Crippen molar-refractivity contribution in [2.45, 2.75) is 109 Å². The second-order valence-corrected chi connectivity index (χ2v) is 17.9. The van der Waals surface area contributed by atoms with E-state index in [0.29, 0.717) is 41.7 Å². The van der Waals surface area contributed by atoms with Gasteiger partial charge in [0.2, 0.25) is 29.2 Å². The number of hydrogen-bond acceptors (Lipinski definition) is 12. The van der Waals surface area contributed by atoms with Gasteiger partial charge >= 0.3 is 11.9 Å². The number of esters is 2. The highest BCUT2D eigenvalue weighted by molar-refractivity contribution is 6.12. The molecule has 6 amide bonds. The minimum Gasteiger partial charge on any atom is -0.457 e. The zero-order valence-electron chi connectivity index (χ0n) is 39.0. The molecule has 5 heterocycles. The van der Waals surface area contributed by atoms with Crippen LogP contribution in [-0.2, 0) is 85.8 Å². The highest BCUT2D eigenvalue weighted by atomic mass is 19.1. The number of cyclic esters (lactones) is 1. The number of ether oxygens (including phenoxy) is 2. The summed E-state index contributed by atoms with van der Waals surface area (Å²) in [6.07, 6.45) is 6.33. The van der Waals surface area contributed by atoms with E-state index in [1.807, 2.05) is 0 Å². The molecule has 0 radical (unpaired) electrons. The largest absolute Gasteiger partial charge is 0.457 e. The number of pyridine rings is 2. The number of hydrogen-bond donors (Lipinski definition) is 4. The summed E-state index contributed by atoms with van der Waals surface area (Å²) in [5.74, 6) is -4.93. The minimum atomic E-state index is -1.95. The van der Waals surface area contributed by atoms with Crippen molar-refractivity contribution in [2.75, 3.05) is 26.2 Å². The molecule has 70 heavy (non-hydrogen) atoms. The topological polar surface area (TPSA) is 241 Å². The number of fused-ring (bicyclic) bond motifs is 5. The molecule has 0 saturated heterocycles. The Balaban J connectivity index is 0.842. The fraction of sp³-hybridized carbons (Fsp3) is 0.412. The molecule has 1 aliphatic carbocycles. The first kappa shape index (κ1) is 48.9. The summed E-state index contributed by atoms with van der Waals surface area (Å²) < 4.78 is 28.2. The molecule has 0 bridgehead atoms. The number of nitrogens with zero attached hydrogens (tertiary/aromatic N) is 3. The first-order chi connectivity index (χ1) is 33.7. The van der Waals surface area contributed by atoms with Crippen molar-refractivity contribution < 1.29 is 52.2 Å². The van der Waals surface area contributed by atoms with Crippen LogP contribution in [0.25, 0.3) is 22.3 Å². The predicted molar refractivity (Wildman–Crippen MR) is 250 cm³/mol. The first-order valence-corrected chi connectivity index (χ1v) is 23.7. The van der Waals surface area contributed by atoms with Crippen LogP contribution in [0.2, 0.25) is 0 Å². The van der Waals surface area contributed by atoms with Crippen molar-refractivity contribution in [3.8, 4) is 11.4 Å². The maximum Gasteiger partial charge on any atom is 0.355 e. The van der Waals surface area contributed by atoms with E-state index >= 15 is 4.39 Å². The third kappa shape index (κ3) is 10.1. The fourth-order valence-corrected chi connectivity index (χ4v) is 9.68. The smallest absolute Gasteiger partial charge is 0.355 e. The van der Waals surface area contributed by atoms with Crippen LogP contribution in [0.4, 0.5) is 4.39 Å². The lowest BCUT2D eigenvalue weighted by Crippen LogP contribution is -2.51. The fourth-order valence-electron chi connectivity index (χ4n) is 9.68. The Morgan fingerprint density at radius 2 is 1.57 bits per heavy atom. The Morgan fingerprint density at radius 1 is 0.843 bits per heavy atom. The number of carbonyl (C=O) groups is 8. The first-order valence-electron chi connectivity index (χ1n) is 23.7. The van der Waals surface area contributed by atoms with Crippen LogP contribution >= 0.6 is 0 Å². The molecule has 4 aromatic rings. The minimum absolute atomic E-state index is 0.0175. The van der Waals surface area contributed by atoms with E-state index in [2.05, 4.69) is 21.3 Å². The van der Waals surface area contributed by atoms with Gasteiger partial charge in [-0.2, -0.15) is 0 Å². The number of amides is 6. The molecule has 0 saturated carbocycles. The number of imide groups is 1. The number of halogens is 1. The lowest BCUT2D eigenvalue weighted by Gasteiger charge is -2.35. The Labute approximate surface area is 401 Å². The quantitative estimate of drug-likeness (QED) is 0.0501. The molecular weight excluding hydrogens is 906 g/mol. The summed E-state index contributed by atoms with van der Waals surface area (Å²) in [5, 5.41) is 11.2. The third-order valence-corrected chi connectivity index (χ3v) is 13.4. The number of unbranched alkanes of at least 4 members (excludes halogenated alkanes) is 2. The molecule has 0 unspecified atom stereocenters. The molecule has 4 N–H and O–H groups in total. The van der Waals surface area contributed by atoms with E-state index in [1.165, 1.54) is 18.2 Å². The molecule has 4 aliphatic rings. The van der Waals surface area contributed by atoms with Gasteiger partial charge in [-0.3, -0.25) is 43.3 Å². The number of carbonyl (C=O) groups excluding carboxylic acids is 8. The summed E-state index contributed by atoms with van der Waals surface area (Å²) in [7, 11) is 0. The SMILES string of the molecule is CC[C@@]1(OC(=O)CCCNC(=O)[C@H](Cc2ccccc2)NC(=O)CNC(=O)CNC(=O)CCCCCN2C(=O)C=CC2=O)C(=O)OCc2c1cc1n(c2=O)Cc2c-1nc1cc(F)c(C)c3c1c2CCC3. The van der Waals surface area contributed by atoms with E-state index in [4.69, 9.17) is 14.5 Å². The maximum absolute atomic E-state index is 15.1. The van der Waals surface area contributed by atoms with Crippen molar-refractivity contribution >= 4 is 58.3 Å². The van der Waals surface area contributed by atoms with Crippen molar-refractivity contribution in [1.29, 1.82) is 0 Å². The van der Waals surface area contributed by atoms with Crippen molar-refractivity contribution in [3.05, 3.63) is 110 Å². The Hall–Kier alpha value is -7.57. The molecule has 2 aromatic carbocycles. The summed E-state index contributed by atoms with van der Waals surface area (Å²) in [4.78, 5) is 122. The molecule has 8 rings (SSSR count). The van der Waals surface area contributed by atoms with Crippen LogP contribution in [0.5, 0.6) is 0 Å². The van der Waals surface area contributed by atoms with Gasteiger partial charge in [0.15, 0.2) is 0 Å². The van der Waals surface area contributed by atoms with Gasteiger partial charge < -0.3 is 35.3 Å². The molecule has 18 nitrogen and oxygen atoms in total.